The number of carbonyl (C=O) groups is 3. The number of hydrogen-bond donors (Lipinski definition) is 2. The van der Waals surface area contributed by atoms with Crippen LogP contribution in [0.1, 0.15) is 246 Å². The maximum Gasteiger partial charge on any atom is 0.255 e. The third-order valence-corrected chi connectivity index (χ3v) is 19.6. The number of rotatable bonds is 12. The molecule has 0 spiro atoms. The molecular weight excluding hydrogens is 1290 g/mol. The third kappa shape index (κ3) is 26.2. The topological polar surface area (TPSA) is 176 Å². The van der Waals surface area contributed by atoms with Crippen molar-refractivity contribution in [2.24, 2.45) is 0 Å². The molecule has 0 bridgehead atoms. The quantitative estimate of drug-likeness (QED) is 0.118. The molecule has 1 unspecified atom stereocenters. The summed E-state index contributed by atoms with van der Waals surface area (Å²) in [5, 5.41) is 14.9. The molecule has 0 radical (unpaired) electrons. The van der Waals surface area contributed by atoms with Crippen LogP contribution < -0.4 is 10.2 Å². The zero-order chi connectivity index (χ0) is 74.5. The Kier molecular flexibility index (Phi) is 34.0. The second kappa shape index (κ2) is 42.4. The molecule has 7 aromatic rings. The van der Waals surface area contributed by atoms with Crippen molar-refractivity contribution in [1.29, 1.82) is 0 Å². The highest BCUT2D eigenvalue weighted by atomic mass is 16.5. The molecule has 0 saturated carbocycles. The molecule has 562 valence electrons. The minimum atomic E-state index is -0.120. The van der Waals surface area contributed by atoms with E-state index in [-0.39, 0.29) is 23.8 Å². The molecule has 4 aromatic carbocycles. The van der Waals surface area contributed by atoms with E-state index >= 15 is 0 Å². The first-order valence-electron chi connectivity index (χ1n) is 38.1. The summed E-state index contributed by atoms with van der Waals surface area (Å²) < 4.78 is 23.2. The highest BCUT2D eigenvalue weighted by Crippen LogP contribution is 2.29. The van der Waals surface area contributed by atoms with Gasteiger partial charge in [0.15, 0.2) is 0 Å². The average Bonchev–Trinajstić information content (AvgIpc) is 1.76. The van der Waals surface area contributed by atoms with Gasteiger partial charge in [-0.2, -0.15) is 10.2 Å². The van der Waals surface area contributed by atoms with E-state index in [2.05, 4.69) is 222 Å². The summed E-state index contributed by atoms with van der Waals surface area (Å²) >= 11 is 0. The molecular formula is C85H125N11O7. The lowest BCUT2D eigenvalue weighted by Crippen LogP contribution is -2.48. The van der Waals surface area contributed by atoms with Gasteiger partial charge < -0.3 is 43.9 Å². The maximum atomic E-state index is 12.2. The van der Waals surface area contributed by atoms with Crippen LogP contribution in [0.3, 0.4) is 0 Å². The number of fused-ring (bicyclic) bond motifs is 1. The summed E-state index contributed by atoms with van der Waals surface area (Å²) in [6.45, 7) is 48.0. The summed E-state index contributed by atoms with van der Waals surface area (Å²) in [4.78, 5) is 50.8. The summed E-state index contributed by atoms with van der Waals surface area (Å²) in [6, 6.07) is 42.4. The van der Waals surface area contributed by atoms with Crippen LogP contribution in [0.4, 0.5) is 5.69 Å². The number of aromatic nitrogens is 5. The first-order chi connectivity index (χ1) is 49.4. The van der Waals surface area contributed by atoms with Crippen LogP contribution in [0.15, 0.2) is 128 Å². The van der Waals surface area contributed by atoms with Gasteiger partial charge in [0, 0.05) is 88.2 Å². The monoisotopic (exact) mass is 1410 g/mol. The Hall–Kier alpha value is -7.58. The van der Waals surface area contributed by atoms with Crippen molar-refractivity contribution in [3.8, 4) is 0 Å². The van der Waals surface area contributed by atoms with E-state index in [4.69, 9.17) is 18.9 Å². The fourth-order valence-corrected chi connectivity index (χ4v) is 12.5. The molecule has 6 aliphatic rings. The highest BCUT2D eigenvalue weighted by molar-refractivity contribution is 5.94. The van der Waals surface area contributed by atoms with E-state index in [1.165, 1.54) is 70.8 Å². The van der Waals surface area contributed by atoms with Gasteiger partial charge in [0.25, 0.3) is 11.8 Å². The Labute approximate surface area is 618 Å². The SMILES string of the molecule is CC(C)c1cc2n(n1)CCOC2.CC(C)c1ccc(C(=O)N2CCOCC2)cc1.CC(C)c1ccc(C(=O)N2CCOCC2)cn1.CC(C)c1ccc(C2C(=O)N(C)CCN2C)cc1.CC(C)c1ccc(C2CCNCC2)cc1.CC(C)c1ccc(N2CCOCC2)cc1.Cc1cc(C(C)C)n[nH]1. The van der Waals surface area contributed by atoms with Crippen molar-refractivity contribution in [2.75, 3.05) is 131 Å². The van der Waals surface area contributed by atoms with E-state index < -0.39 is 0 Å². The van der Waals surface area contributed by atoms with Gasteiger partial charge in [-0.15, -0.1) is 0 Å². The Morgan fingerprint density at radius 3 is 1.35 bits per heavy atom. The van der Waals surface area contributed by atoms with Crippen molar-refractivity contribution in [2.45, 2.75) is 183 Å². The van der Waals surface area contributed by atoms with Crippen LogP contribution in [0, 0.1) is 6.92 Å². The first kappa shape index (κ1) is 82.7. The minimum Gasteiger partial charge on any atom is -0.378 e. The molecule has 2 N–H and O–H groups in total. The van der Waals surface area contributed by atoms with Crippen molar-refractivity contribution in [3.05, 3.63) is 201 Å². The average molecular weight is 1410 g/mol. The number of hydrogen-bond acceptors (Lipinski definition) is 13. The number of piperazine rings is 1. The van der Waals surface area contributed by atoms with Gasteiger partial charge in [0.1, 0.15) is 6.04 Å². The van der Waals surface area contributed by atoms with Crippen LogP contribution >= 0.6 is 0 Å². The van der Waals surface area contributed by atoms with Gasteiger partial charge in [-0.05, 0) is 169 Å². The number of piperidine rings is 1. The highest BCUT2D eigenvalue weighted by Gasteiger charge is 2.32. The third-order valence-electron chi connectivity index (χ3n) is 19.6. The Bertz CT molecular complexity index is 3390. The number of aryl methyl sites for hydroxylation is 1. The number of anilines is 1. The van der Waals surface area contributed by atoms with Crippen LogP contribution in [-0.4, -0.2) is 188 Å². The smallest absolute Gasteiger partial charge is 0.255 e. The largest absolute Gasteiger partial charge is 0.378 e. The lowest BCUT2D eigenvalue weighted by atomic mass is 9.89. The van der Waals surface area contributed by atoms with Gasteiger partial charge in [0.05, 0.1) is 82.0 Å². The molecule has 6 aliphatic heterocycles. The number of ether oxygens (including phenoxy) is 4. The van der Waals surface area contributed by atoms with Crippen LogP contribution in [0.5, 0.6) is 0 Å². The van der Waals surface area contributed by atoms with Gasteiger partial charge in [-0.25, -0.2) is 0 Å². The predicted molar refractivity (Wildman–Crippen MR) is 418 cm³/mol. The zero-order valence-electron chi connectivity index (χ0n) is 65.6. The number of amides is 3. The minimum absolute atomic E-state index is 0.0520. The van der Waals surface area contributed by atoms with Crippen LogP contribution in [-0.2, 0) is 36.9 Å². The fraction of sp³-hybridized carbons (Fsp3) is 0.553. The van der Waals surface area contributed by atoms with Crippen molar-refractivity contribution in [3.63, 3.8) is 0 Å². The summed E-state index contributed by atoms with van der Waals surface area (Å²) in [7, 11) is 3.90. The number of H-pyrrole nitrogens is 1. The molecule has 18 nitrogen and oxygen atoms in total. The Morgan fingerprint density at radius 2 is 0.913 bits per heavy atom. The van der Waals surface area contributed by atoms with E-state index in [0.717, 1.165) is 93.3 Å². The number of carbonyl (C=O) groups excluding carboxylic acids is 3. The number of nitrogens with zero attached hydrogens (tertiary/aromatic N) is 9. The molecule has 5 fully saturated rings. The van der Waals surface area contributed by atoms with Gasteiger partial charge in [0.2, 0.25) is 5.91 Å². The van der Waals surface area contributed by atoms with Crippen molar-refractivity contribution < 1.29 is 33.3 Å². The molecule has 3 aromatic heterocycles. The Balaban J connectivity index is 0.000000170. The van der Waals surface area contributed by atoms with E-state index in [1.54, 1.807) is 6.20 Å². The number of likely N-dealkylation sites (N-methyl/N-ethyl adjacent to an activating group) is 2. The number of benzene rings is 4. The normalized spacial score (nSPS) is 17.2. The standard InChI is InChI=1S/C15H22N2O.C14H19NO2.C14H21N.C13H18N2O2.C13H19NO.C9H14N2O.C7H12N2/c1-11(2)12-5-7-13(8-6-12)14-15(18)17(4)10-9-16(14)3;1-11(2)12-3-5-13(6-4-12)14(16)15-7-9-17-10-8-15;1-11(2)12-3-5-13(6-4-12)14-7-9-15-10-8-14;1-10(2)12-4-3-11(9-14-12)13(16)15-5-7-17-8-6-15;1-11(2)12-3-5-13(6-4-12)14-7-9-15-10-8-14;1-7(2)9-5-8-6-12-4-3-11(8)10-9;1-5(2)7-4-6(3)8-9-7/h5-8,11,14H,9-10H2,1-4H3;3-6,11H,7-10H2,1-2H3;3-6,11,14-15H,7-10H2,1-2H3;3-4,9-10H,5-8H2,1-2H3;3-6,11H,7-10H2,1-2H3;5,7H,3-4,6H2,1-2H3;4-5H,1-3H3,(H,8,9). The molecule has 13 rings (SSSR count). The van der Waals surface area contributed by atoms with E-state index in [0.29, 0.717) is 99.6 Å². The molecule has 18 heteroatoms. The van der Waals surface area contributed by atoms with Crippen molar-refractivity contribution in [1.82, 2.24) is 49.9 Å². The summed E-state index contributed by atoms with van der Waals surface area (Å²) in [5.74, 6) is 4.88. The number of aromatic amines is 1. The molecule has 9 heterocycles. The van der Waals surface area contributed by atoms with Crippen molar-refractivity contribution >= 4 is 23.4 Å². The maximum absolute atomic E-state index is 12.2. The van der Waals surface area contributed by atoms with Gasteiger partial charge in [-0.3, -0.25) is 34.0 Å². The van der Waals surface area contributed by atoms with E-state index in [9.17, 15) is 14.4 Å². The van der Waals surface area contributed by atoms with Gasteiger partial charge >= 0.3 is 0 Å². The van der Waals surface area contributed by atoms with Gasteiger partial charge in [-0.1, -0.05) is 170 Å². The molecule has 0 aliphatic carbocycles. The molecule has 5 saturated heterocycles. The zero-order valence-corrected chi connectivity index (χ0v) is 65.6. The predicted octanol–water partition coefficient (Wildman–Crippen LogP) is 15.5. The second-order valence-electron chi connectivity index (χ2n) is 30.0. The first-order valence-corrected chi connectivity index (χ1v) is 38.1. The lowest BCUT2D eigenvalue weighted by molar-refractivity contribution is -0.139. The van der Waals surface area contributed by atoms with Crippen LogP contribution in [0.2, 0.25) is 0 Å². The molecule has 103 heavy (non-hydrogen) atoms. The number of nitrogens with one attached hydrogen (secondary N) is 2. The second-order valence-corrected chi connectivity index (χ2v) is 30.0. The Morgan fingerprint density at radius 1 is 0.466 bits per heavy atom. The summed E-state index contributed by atoms with van der Waals surface area (Å²) in [5.41, 5.74) is 16.5. The number of morpholine rings is 3. The van der Waals surface area contributed by atoms with E-state index in [1.807, 2.05) is 72.1 Å². The molecule has 1 atom stereocenters. The lowest BCUT2D eigenvalue weighted by Gasteiger charge is -2.37. The van der Waals surface area contributed by atoms with Crippen LogP contribution in [0.25, 0.3) is 0 Å². The summed E-state index contributed by atoms with van der Waals surface area (Å²) in [6.07, 6.45) is 4.26. The molecule has 3 amide bonds. The number of pyridine rings is 1. The fourth-order valence-electron chi connectivity index (χ4n) is 12.5.